The molecule has 1 aromatic heterocycles. The normalized spacial score (nSPS) is 10.7. The molecule has 0 aliphatic heterocycles. The number of methoxy groups -OCH3 is 1. The number of hydrogen-bond donors (Lipinski definition) is 1. The first-order chi connectivity index (χ1) is 12.7. The molecule has 0 radical (unpaired) electrons. The van der Waals surface area contributed by atoms with Gasteiger partial charge in [0.05, 0.1) is 12.1 Å². The number of unbranched alkanes of at least 4 members (excludes halogenated alkanes) is 4. The van der Waals surface area contributed by atoms with E-state index in [9.17, 15) is 0 Å². The minimum absolute atomic E-state index is 0.402. The van der Waals surface area contributed by atoms with Crippen LogP contribution in [0, 0.1) is 0 Å². The quantitative estimate of drug-likeness (QED) is 0.505. The van der Waals surface area contributed by atoms with Crippen molar-refractivity contribution in [2.75, 3.05) is 13.7 Å². The molecular formula is C21H29ClN2O2. The third kappa shape index (κ3) is 6.85. The van der Waals surface area contributed by atoms with E-state index in [2.05, 4.69) is 17.2 Å². The van der Waals surface area contributed by atoms with Gasteiger partial charge in [-0.2, -0.15) is 0 Å². The Hall–Kier alpha value is -1.78. The Morgan fingerprint density at radius 1 is 1.12 bits per heavy atom. The monoisotopic (exact) mass is 376 g/mol. The highest BCUT2D eigenvalue weighted by Crippen LogP contribution is 2.36. The van der Waals surface area contributed by atoms with Crippen molar-refractivity contribution in [3.05, 3.63) is 52.8 Å². The summed E-state index contributed by atoms with van der Waals surface area (Å²) in [6.07, 6.45) is 9.93. The molecule has 1 N–H and O–H groups in total. The first-order valence-electron chi connectivity index (χ1n) is 9.33. The van der Waals surface area contributed by atoms with Crippen molar-refractivity contribution in [1.29, 1.82) is 0 Å². The lowest BCUT2D eigenvalue weighted by molar-refractivity contribution is 0.284. The molecular weight excluding hydrogens is 348 g/mol. The number of ether oxygens (including phenoxy) is 2. The second-order valence-corrected chi connectivity index (χ2v) is 6.76. The van der Waals surface area contributed by atoms with E-state index in [1.807, 2.05) is 24.3 Å². The van der Waals surface area contributed by atoms with Crippen LogP contribution in [0.1, 0.15) is 50.2 Å². The lowest BCUT2D eigenvalue weighted by Gasteiger charge is -2.14. The highest BCUT2D eigenvalue weighted by Gasteiger charge is 2.12. The van der Waals surface area contributed by atoms with Crippen molar-refractivity contribution in [3.8, 4) is 11.5 Å². The van der Waals surface area contributed by atoms with Gasteiger partial charge in [0.15, 0.2) is 11.5 Å². The number of nitrogens with zero attached hydrogens (tertiary/aromatic N) is 1. The molecule has 26 heavy (non-hydrogen) atoms. The zero-order valence-corrected chi connectivity index (χ0v) is 16.5. The summed E-state index contributed by atoms with van der Waals surface area (Å²) in [6.45, 7) is 4.43. The van der Waals surface area contributed by atoms with Crippen LogP contribution in [0.4, 0.5) is 0 Å². The van der Waals surface area contributed by atoms with Crippen molar-refractivity contribution in [1.82, 2.24) is 10.3 Å². The topological polar surface area (TPSA) is 43.4 Å². The summed E-state index contributed by atoms with van der Waals surface area (Å²) < 4.78 is 11.3. The van der Waals surface area contributed by atoms with Crippen molar-refractivity contribution < 1.29 is 9.47 Å². The smallest absolute Gasteiger partial charge is 0.180 e. The predicted molar refractivity (Wildman–Crippen MR) is 107 cm³/mol. The van der Waals surface area contributed by atoms with Gasteiger partial charge < -0.3 is 14.8 Å². The Morgan fingerprint density at radius 3 is 2.69 bits per heavy atom. The minimum atomic E-state index is 0.402. The largest absolute Gasteiger partial charge is 0.493 e. The Balaban J connectivity index is 1.87. The molecule has 1 aromatic carbocycles. The molecule has 142 valence electrons. The van der Waals surface area contributed by atoms with Gasteiger partial charge in [-0.15, -0.1) is 0 Å². The SMILES string of the molecule is CCCCCCCNCc1cc(Cl)c(OCc2cccnc2)c(OC)c1. The average molecular weight is 377 g/mol. The number of pyridine rings is 1. The van der Waals surface area contributed by atoms with Crippen LogP contribution in [-0.2, 0) is 13.2 Å². The Labute approximate surface area is 161 Å². The molecule has 0 saturated carbocycles. The molecule has 0 aliphatic carbocycles. The molecule has 0 aliphatic rings. The number of aromatic nitrogens is 1. The number of hydrogen-bond acceptors (Lipinski definition) is 4. The highest BCUT2D eigenvalue weighted by atomic mass is 35.5. The van der Waals surface area contributed by atoms with Gasteiger partial charge in [-0.3, -0.25) is 4.98 Å². The van der Waals surface area contributed by atoms with Crippen LogP contribution in [0.2, 0.25) is 5.02 Å². The van der Waals surface area contributed by atoms with Gasteiger partial charge in [-0.1, -0.05) is 50.3 Å². The van der Waals surface area contributed by atoms with Crippen LogP contribution in [0.5, 0.6) is 11.5 Å². The van der Waals surface area contributed by atoms with E-state index < -0.39 is 0 Å². The minimum Gasteiger partial charge on any atom is -0.493 e. The fourth-order valence-electron chi connectivity index (χ4n) is 2.74. The van der Waals surface area contributed by atoms with Gasteiger partial charge in [-0.05, 0) is 36.7 Å². The van der Waals surface area contributed by atoms with E-state index in [4.69, 9.17) is 21.1 Å². The molecule has 0 spiro atoms. The number of benzene rings is 1. The fourth-order valence-corrected chi connectivity index (χ4v) is 3.03. The fraction of sp³-hybridized carbons (Fsp3) is 0.476. The highest BCUT2D eigenvalue weighted by molar-refractivity contribution is 6.32. The Bertz CT molecular complexity index is 650. The van der Waals surface area contributed by atoms with Gasteiger partial charge >= 0.3 is 0 Å². The molecule has 0 bridgehead atoms. The first kappa shape index (κ1) is 20.5. The molecule has 5 heteroatoms. The summed E-state index contributed by atoms with van der Waals surface area (Å²) >= 11 is 6.43. The number of halogens is 1. The maximum Gasteiger partial charge on any atom is 0.180 e. The summed E-state index contributed by atoms with van der Waals surface area (Å²) in [5.74, 6) is 1.22. The third-order valence-electron chi connectivity index (χ3n) is 4.18. The van der Waals surface area contributed by atoms with E-state index in [0.717, 1.165) is 24.2 Å². The van der Waals surface area contributed by atoms with Crippen LogP contribution in [-0.4, -0.2) is 18.6 Å². The number of rotatable bonds is 12. The molecule has 4 nitrogen and oxygen atoms in total. The standard InChI is InChI=1S/C21H29ClN2O2/c1-3-4-5-6-7-10-23-15-18-12-19(22)21(20(13-18)25-2)26-16-17-9-8-11-24-14-17/h8-9,11-14,23H,3-7,10,15-16H2,1-2H3. The van der Waals surface area contributed by atoms with Crippen LogP contribution in [0.15, 0.2) is 36.7 Å². The van der Waals surface area contributed by atoms with Crippen molar-refractivity contribution in [2.24, 2.45) is 0 Å². The van der Waals surface area contributed by atoms with Crippen LogP contribution in [0.3, 0.4) is 0 Å². The molecule has 1 heterocycles. The van der Waals surface area contributed by atoms with E-state index in [1.54, 1.807) is 19.5 Å². The second-order valence-electron chi connectivity index (χ2n) is 6.35. The maximum absolute atomic E-state index is 6.43. The van der Waals surface area contributed by atoms with Crippen molar-refractivity contribution in [3.63, 3.8) is 0 Å². The molecule has 2 aromatic rings. The molecule has 2 rings (SSSR count). The maximum atomic E-state index is 6.43. The molecule has 0 fully saturated rings. The molecule has 0 unspecified atom stereocenters. The Morgan fingerprint density at radius 2 is 1.96 bits per heavy atom. The van der Waals surface area contributed by atoms with Crippen molar-refractivity contribution >= 4 is 11.6 Å². The first-order valence-corrected chi connectivity index (χ1v) is 9.71. The van der Waals surface area contributed by atoms with E-state index >= 15 is 0 Å². The van der Waals surface area contributed by atoms with Crippen LogP contribution in [0.25, 0.3) is 0 Å². The number of nitrogens with one attached hydrogen (secondary N) is 1. The van der Waals surface area contributed by atoms with Gasteiger partial charge in [0.1, 0.15) is 6.61 Å². The third-order valence-corrected chi connectivity index (χ3v) is 4.46. The molecule has 0 amide bonds. The van der Waals surface area contributed by atoms with E-state index in [-0.39, 0.29) is 0 Å². The lowest BCUT2D eigenvalue weighted by atomic mass is 10.1. The van der Waals surface area contributed by atoms with Gasteiger partial charge in [-0.25, -0.2) is 0 Å². The Kier molecular flexibility index (Phi) is 9.29. The van der Waals surface area contributed by atoms with E-state index in [0.29, 0.717) is 23.1 Å². The zero-order valence-electron chi connectivity index (χ0n) is 15.8. The van der Waals surface area contributed by atoms with Gasteiger partial charge in [0, 0.05) is 24.5 Å². The summed E-state index contributed by atoms with van der Waals surface area (Å²) in [6, 6.07) is 7.77. The molecule has 0 saturated heterocycles. The predicted octanol–water partition coefficient (Wildman–Crippen LogP) is 5.38. The van der Waals surface area contributed by atoms with Gasteiger partial charge in [0.2, 0.25) is 0 Å². The average Bonchev–Trinajstić information content (AvgIpc) is 2.67. The summed E-state index contributed by atoms with van der Waals surface area (Å²) in [4.78, 5) is 4.09. The van der Waals surface area contributed by atoms with E-state index in [1.165, 1.54) is 32.1 Å². The van der Waals surface area contributed by atoms with Crippen LogP contribution < -0.4 is 14.8 Å². The van der Waals surface area contributed by atoms with Crippen LogP contribution >= 0.6 is 11.6 Å². The summed E-state index contributed by atoms with van der Waals surface area (Å²) in [5.41, 5.74) is 2.08. The van der Waals surface area contributed by atoms with Gasteiger partial charge in [0.25, 0.3) is 0 Å². The molecule has 0 atom stereocenters. The summed E-state index contributed by atoms with van der Waals surface area (Å²) in [7, 11) is 1.63. The second kappa shape index (κ2) is 11.8. The zero-order chi connectivity index (χ0) is 18.6. The lowest BCUT2D eigenvalue weighted by Crippen LogP contribution is -2.14. The summed E-state index contributed by atoms with van der Waals surface area (Å²) in [5, 5.41) is 4.03. The van der Waals surface area contributed by atoms with Crippen molar-refractivity contribution in [2.45, 2.75) is 52.2 Å².